The Labute approximate surface area is 117 Å². The highest BCUT2D eigenvalue weighted by Gasteiger charge is 2.34. The van der Waals surface area contributed by atoms with Crippen molar-refractivity contribution in [2.24, 2.45) is 0 Å². The molecule has 0 aromatic carbocycles. The summed E-state index contributed by atoms with van der Waals surface area (Å²) in [6.07, 6.45) is 1.52. The Morgan fingerprint density at radius 3 is 2.63 bits per heavy atom. The summed E-state index contributed by atoms with van der Waals surface area (Å²) in [5.74, 6) is -0.194. The number of carbonyl (C=O) groups is 2. The second-order valence-electron chi connectivity index (χ2n) is 5.07. The quantitative estimate of drug-likeness (QED) is 0.744. The summed E-state index contributed by atoms with van der Waals surface area (Å²) < 4.78 is 5.29. The first-order valence-corrected chi connectivity index (χ1v) is 7.34. The van der Waals surface area contributed by atoms with E-state index in [0.717, 1.165) is 35.0 Å². The van der Waals surface area contributed by atoms with Gasteiger partial charge in [0.25, 0.3) is 0 Å². The molecule has 0 aromatic heterocycles. The van der Waals surface area contributed by atoms with Gasteiger partial charge in [0.05, 0.1) is 21.6 Å². The summed E-state index contributed by atoms with van der Waals surface area (Å²) >= 11 is 1.41. The molecular weight excluding hydrogens is 262 g/mol. The molecule has 0 atom stereocenters. The summed E-state index contributed by atoms with van der Waals surface area (Å²) in [5.41, 5.74) is 1.67. The zero-order chi connectivity index (χ0) is 14.2. The number of ketones is 1. The first-order chi connectivity index (χ1) is 8.91. The summed E-state index contributed by atoms with van der Waals surface area (Å²) in [6.45, 7) is 8.06. The number of hydrogen-bond acceptors (Lipinski definition) is 5. The zero-order valence-electron chi connectivity index (χ0n) is 11.8. The lowest BCUT2D eigenvalue weighted by Crippen LogP contribution is -2.27. The van der Waals surface area contributed by atoms with Crippen molar-refractivity contribution in [3.63, 3.8) is 0 Å². The number of rotatable bonds is 3. The first-order valence-electron chi connectivity index (χ1n) is 6.53. The van der Waals surface area contributed by atoms with Gasteiger partial charge in [-0.25, -0.2) is 4.79 Å². The van der Waals surface area contributed by atoms with E-state index in [2.05, 4.69) is 4.90 Å². The maximum absolute atomic E-state index is 12.1. The average molecular weight is 281 g/mol. The molecule has 2 aliphatic rings. The van der Waals surface area contributed by atoms with Crippen LogP contribution in [-0.2, 0) is 14.3 Å². The molecule has 5 heteroatoms. The van der Waals surface area contributed by atoms with E-state index >= 15 is 0 Å². The minimum atomic E-state index is -0.250. The van der Waals surface area contributed by atoms with Crippen LogP contribution in [0.1, 0.15) is 40.5 Å². The smallest absolute Gasteiger partial charge is 0.336 e. The summed E-state index contributed by atoms with van der Waals surface area (Å²) in [7, 11) is 0. The molecule has 0 unspecified atom stereocenters. The third-order valence-corrected chi connectivity index (χ3v) is 4.60. The number of thioether (sulfide) groups is 1. The number of fused-ring (bicyclic) bond motifs is 1. The van der Waals surface area contributed by atoms with E-state index in [-0.39, 0.29) is 17.9 Å². The molecule has 2 rings (SSSR count). The Kier molecular flexibility index (Phi) is 4.04. The molecule has 0 aliphatic carbocycles. The number of carbonyl (C=O) groups excluding carboxylic acids is 2. The van der Waals surface area contributed by atoms with Gasteiger partial charge in [-0.1, -0.05) is 11.8 Å². The van der Waals surface area contributed by atoms with Gasteiger partial charge in [-0.05, 0) is 40.5 Å². The zero-order valence-corrected chi connectivity index (χ0v) is 12.6. The minimum absolute atomic E-state index is 0.0565. The maximum Gasteiger partial charge on any atom is 0.336 e. The van der Waals surface area contributed by atoms with Crippen LogP contribution in [0.5, 0.6) is 0 Å². The number of allylic oxidation sites excluding steroid dienone is 2. The lowest BCUT2D eigenvalue weighted by atomic mass is 10.1. The maximum atomic E-state index is 12.1. The molecule has 0 aromatic rings. The molecule has 0 saturated carbocycles. The van der Waals surface area contributed by atoms with Gasteiger partial charge in [0.15, 0.2) is 5.78 Å². The number of Topliss-reactive ketones (excluding diaryl/α,β-unsaturated/α-hetero) is 1. The van der Waals surface area contributed by atoms with E-state index in [1.165, 1.54) is 11.8 Å². The van der Waals surface area contributed by atoms with E-state index < -0.39 is 0 Å². The van der Waals surface area contributed by atoms with Crippen molar-refractivity contribution >= 4 is 23.5 Å². The molecule has 104 valence electrons. The number of nitrogens with zero attached hydrogens (tertiary/aromatic N) is 1. The molecule has 0 saturated heterocycles. The Bertz CT molecular complexity index is 491. The van der Waals surface area contributed by atoms with Gasteiger partial charge in [0, 0.05) is 12.2 Å². The SMILES string of the molecule is CC(=O)C1=C(C)N2CCCC(C(=O)OC(C)C)=C2S1. The number of ether oxygens (including phenoxy) is 1. The molecule has 0 N–H and O–H groups in total. The normalized spacial score (nSPS) is 19.1. The van der Waals surface area contributed by atoms with Crippen molar-refractivity contribution < 1.29 is 14.3 Å². The van der Waals surface area contributed by atoms with Gasteiger partial charge in [-0.15, -0.1) is 0 Å². The van der Waals surface area contributed by atoms with E-state index in [9.17, 15) is 9.59 Å². The Balaban J connectivity index is 2.32. The minimum Gasteiger partial charge on any atom is -0.460 e. The molecule has 0 spiro atoms. The lowest BCUT2D eigenvalue weighted by molar-refractivity contribution is -0.143. The third-order valence-electron chi connectivity index (χ3n) is 3.15. The topological polar surface area (TPSA) is 46.6 Å². The Morgan fingerprint density at radius 2 is 2.05 bits per heavy atom. The second-order valence-corrected chi connectivity index (χ2v) is 6.06. The molecule has 0 bridgehead atoms. The van der Waals surface area contributed by atoms with Crippen LogP contribution in [0.2, 0.25) is 0 Å². The van der Waals surface area contributed by atoms with Crippen molar-refractivity contribution in [3.8, 4) is 0 Å². The highest BCUT2D eigenvalue weighted by molar-refractivity contribution is 8.07. The largest absolute Gasteiger partial charge is 0.460 e. The first kappa shape index (κ1) is 14.2. The van der Waals surface area contributed by atoms with Gasteiger partial charge in [-0.2, -0.15) is 0 Å². The molecule has 2 aliphatic heterocycles. The van der Waals surface area contributed by atoms with Gasteiger partial charge in [0.2, 0.25) is 0 Å². The highest BCUT2D eigenvalue weighted by Crippen LogP contribution is 2.46. The predicted octanol–water partition coefficient (Wildman–Crippen LogP) is 2.81. The van der Waals surface area contributed by atoms with Crippen LogP contribution in [0, 0.1) is 0 Å². The molecule has 4 nitrogen and oxygen atoms in total. The molecule has 0 amide bonds. The van der Waals surface area contributed by atoms with Crippen molar-refractivity contribution in [2.75, 3.05) is 6.54 Å². The fraction of sp³-hybridized carbons (Fsp3) is 0.571. The standard InChI is InChI=1S/C14H19NO3S/c1-8(2)18-14(17)11-6-5-7-15-9(3)12(10(4)16)19-13(11)15/h8H,5-7H2,1-4H3. The van der Waals surface area contributed by atoms with Crippen molar-refractivity contribution in [1.82, 2.24) is 4.90 Å². The van der Waals surface area contributed by atoms with E-state index in [0.29, 0.717) is 5.57 Å². The summed E-state index contributed by atoms with van der Waals surface area (Å²) in [5, 5.41) is 0.889. The average Bonchev–Trinajstić information content (AvgIpc) is 2.66. The summed E-state index contributed by atoms with van der Waals surface area (Å²) in [4.78, 5) is 26.5. The van der Waals surface area contributed by atoms with Crippen LogP contribution >= 0.6 is 11.8 Å². The monoisotopic (exact) mass is 281 g/mol. The molecule has 0 radical (unpaired) electrons. The van der Waals surface area contributed by atoms with Crippen LogP contribution < -0.4 is 0 Å². The van der Waals surface area contributed by atoms with Crippen molar-refractivity contribution in [2.45, 2.75) is 46.6 Å². The Hall–Kier alpha value is -1.23. The lowest BCUT2D eigenvalue weighted by Gasteiger charge is -2.28. The predicted molar refractivity (Wildman–Crippen MR) is 75.2 cm³/mol. The van der Waals surface area contributed by atoms with Gasteiger partial charge in [-0.3, -0.25) is 4.79 Å². The fourth-order valence-corrected chi connectivity index (χ4v) is 3.56. The van der Waals surface area contributed by atoms with Crippen LogP contribution in [0.15, 0.2) is 21.2 Å². The van der Waals surface area contributed by atoms with Gasteiger partial charge >= 0.3 is 5.97 Å². The summed E-state index contributed by atoms with van der Waals surface area (Å²) in [6, 6.07) is 0. The van der Waals surface area contributed by atoms with E-state index in [1.54, 1.807) is 6.92 Å². The van der Waals surface area contributed by atoms with Crippen molar-refractivity contribution in [3.05, 3.63) is 21.2 Å². The van der Waals surface area contributed by atoms with Crippen LogP contribution in [-0.4, -0.2) is 29.3 Å². The highest BCUT2D eigenvalue weighted by atomic mass is 32.2. The molecule has 19 heavy (non-hydrogen) atoms. The molecule has 0 fully saturated rings. The number of esters is 1. The van der Waals surface area contributed by atoms with E-state index in [1.807, 2.05) is 20.8 Å². The van der Waals surface area contributed by atoms with Crippen LogP contribution in [0.4, 0.5) is 0 Å². The molecule has 2 heterocycles. The number of hydrogen-bond donors (Lipinski definition) is 0. The second kappa shape index (κ2) is 5.41. The van der Waals surface area contributed by atoms with Crippen LogP contribution in [0.3, 0.4) is 0 Å². The van der Waals surface area contributed by atoms with Gasteiger partial charge < -0.3 is 9.64 Å². The van der Waals surface area contributed by atoms with E-state index in [4.69, 9.17) is 4.74 Å². The molecular formula is C14H19NO3S. The Morgan fingerprint density at radius 1 is 1.37 bits per heavy atom. The van der Waals surface area contributed by atoms with Gasteiger partial charge in [0.1, 0.15) is 0 Å². The van der Waals surface area contributed by atoms with Crippen molar-refractivity contribution in [1.29, 1.82) is 0 Å². The fourth-order valence-electron chi connectivity index (χ4n) is 2.32. The van der Waals surface area contributed by atoms with Crippen LogP contribution in [0.25, 0.3) is 0 Å². The third kappa shape index (κ3) is 2.71.